The lowest BCUT2D eigenvalue weighted by Gasteiger charge is -2.43. The van der Waals surface area contributed by atoms with Crippen molar-refractivity contribution < 1.29 is 4.79 Å². The predicted molar refractivity (Wildman–Crippen MR) is 91.0 cm³/mol. The topological polar surface area (TPSA) is 26.8 Å². The van der Waals surface area contributed by atoms with Crippen LogP contribution in [0, 0.1) is 5.41 Å². The molecule has 0 aromatic heterocycles. The van der Waals surface area contributed by atoms with Crippen LogP contribution in [0.1, 0.15) is 18.4 Å². The van der Waals surface area contributed by atoms with Crippen LogP contribution in [0.4, 0.5) is 4.79 Å². The standard InChI is InChI=1S/C18H29N3O/c1-19(2)17(22)21(4)15-18(10-12-20(3)13-11-18)14-16-8-6-5-7-9-16/h5-9H,10-15H2,1-4H3. The van der Waals surface area contributed by atoms with Crippen molar-refractivity contribution in [1.82, 2.24) is 14.7 Å². The number of hydrogen-bond acceptors (Lipinski definition) is 2. The lowest BCUT2D eigenvalue weighted by atomic mass is 9.73. The summed E-state index contributed by atoms with van der Waals surface area (Å²) in [4.78, 5) is 18.1. The number of hydrogen-bond donors (Lipinski definition) is 0. The summed E-state index contributed by atoms with van der Waals surface area (Å²) in [5, 5.41) is 0. The van der Waals surface area contributed by atoms with Crippen LogP contribution in [0.25, 0.3) is 0 Å². The van der Waals surface area contributed by atoms with Gasteiger partial charge in [-0.2, -0.15) is 0 Å². The number of amides is 2. The van der Waals surface area contributed by atoms with E-state index in [1.807, 2.05) is 26.0 Å². The summed E-state index contributed by atoms with van der Waals surface area (Å²) in [6, 6.07) is 10.8. The van der Waals surface area contributed by atoms with Crippen LogP contribution in [0.5, 0.6) is 0 Å². The van der Waals surface area contributed by atoms with Crippen LogP contribution in [0.15, 0.2) is 30.3 Å². The molecule has 0 saturated carbocycles. The first kappa shape index (κ1) is 16.8. The Morgan fingerprint density at radius 1 is 1.14 bits per heavy atom. The van der Waals surface area contributed by atoms with Gasteiger partial charge in [0.2, 0.25) is 0 Å². The molecule has 0 bridgehead atoms. The molecule has 122 valence electrons. The molecule has 0 spiro atoms. The Balaban J connectivity index is 2.13. The molecular weight excluding hydrogens is 274 g/mol. The Bertz CT molecular complexity index is 478. The second-order valence-electron chi connectivity index (χ2n) is 7.00. The van der Waals surface area contributed by atoms with E-state index in [9.17, 15) is 4.79 Å². The normalized spacial score (nSPS) is 18.0. The Morgan fingerprint density at radius 3 is 2.27 bits per heavy atom. The van der Waals surface area contributed by atoms with Gasteiger partial charge in [0.25, 0.3) is 0 Å². The van der Waals surface area contributed by atoms with Crippen LogP contribution >= 0.6 is 0 Å². The molecule has 1 fully saturated rings. The Hall–Kier alpha value is -1.55. The molecule has 4 nitrogen and oxygen atoms in total. The van der Waals surface area contributed by atoms with Crippen molar-refractivity contribution in [3.8, 4) is 0 Å². The number of urea groups is 1. The molecule has 1 aromatic carbocycles. The van der Waals surface area contributed by atoms with Gasteiger partial charge in [-0.3, -0.25) is 0 Å². The molecule has 2 rings (SSSR count). The molecule has 0 aliphatic carbocycles. The highest BCUT2D eigenvalue weighted by atomic mass is 16.2. The minimum atomic E-state index is 0.0892. The number of rotatable bonds is 4. The molecule has 2 amide bonds. The molecular formula is C18H29N3O. The summed E-state index contributed by atoms with van der Waals surface area (Å²) < 4.78 is 0. The maximum Gasteiger partial charge on any atom is 0.319 e. The van der Waals surface area contributed by atoms with Gasteiger partial charge in [-0.1, -0.05) is 30.3 Å². The van der Waals surface area contributed by atoms with Gasteiger partial charge in [-0.05, 0) is 50.4 Å². The van der Waals surface area contributed by atoms with Crippen molar-refractivity contribution in [2.24, 2.45) is 5.41 Å². The van der Waals surface area contributed by atoms with E-state index in [1.54, 1.807) is 4.90 Å². The predicted octanol–water partition coefficient (Wildman–Crippen LogP) is 2.55. The first-order valence-corrected chi connectivity index (χ1v) is 8.07. The molecule has 0 radical (unpaired) electrons. The van der Waals surface area contributed by atoms with Gasteiger partial charge in [0.05, 0.1) is 0 Å². The molecule has 1 aliphatic rings. The number of carbonyl (C=O) groups is 1. The quantitative estimate of drug-likeness (QED) is 0.854. The van der Waals surface area contributed by atoms with Crippen molar-refractivity contribution in [2.75, 3.05) is 47.8 Å². The van der Waals surface area contributed by atoms with Crippen molar-refractivity contribution in [3.05, 3.63) is 35.9 Å². The molecule has 4 heteroatoms. The Labute approximate surface area is 134 Å². The maximum absolute atomic E-state index is 12.2. The third kappa shape index (κ3) is 4.23. The molecule has 0 atom stereocenters. The van der Waals surface area contributed by atoms with Crippen molar-refractivity contribution >= 4 is 6.03 Å². The van der Waals surface area contributed by atoms with E-state index in [0.717, 1.165) is 38.9 Å². The second kappa shape index (κ2) is 7.14. The zero-order chi connectivity index (χ0) is 16.2. The molecule has 1 aromatic rings. The highest BCUT2D eigenvalue weighted by Crippen LogP contribution is 2.35. The minimum Gasteiger partial charge on any atom is -0.331 e. The fraction of sp³-hybridized carbons (Fsp3) is 0.611. The summed E-state index contributed by atoms with van der Waals surface area (Å²) in [7, 11) is 7.74. The van der Waals surface area contributed by atoms with Crippen LogP contribution < -0.4 is 0 Å². The molecule has 1 heterocycles. The second-order valence-corrected chi connectivity index (χ2v) is 7.00. The molecule has 1 aliphatic heterocycles. The maximum atomic E-state index is 12.2. The van der Waals surface area contributed by atoms with Crippen LogP contribution in [-0.4, -0.2) is 68.6 Å². The summed E-state index contributed by atoms with van der Waals surface area (Å²) in [6.45, 7) is 3.04. The van der Waals surface area contributed by atoms with Crippen molar-refractivity contribution in [1.29, 1.82) is 0 Å². The van der Waals surface area contributed by atoms with E-state index in [2.05, 4.69) is 42.3 Å². The van der Waals surface area contributed by atoms with Gasteiger partial charge in [-0.15, -0.1) is 0 Å². The minimum absolute atomic E-state index is 0.0892. The lowest BCUT2D eigenvalue weighted by molar-refractivity contribution is 0.0839. The van der Waals surface area contributed by atoms with E-state index in [4.69, 9.17) is 0 Å². The Morgan fingerprint density at radius 2 is 1.73 bits per heavy atom. The first-order chi connectivity index (χ1) is 10.4. The molecule has 0 N–H and O–H groups in total. The first-order valence-electron chi connectivity index (χ1n) is 8.07. The van der Waals surface area contributed by atoms with Crippen molar-refractivity contribution in [3.63, 3.8) is 0 Å². The van der Waals surface area contributed by atoms with Crippen LogP contribution in [0.3, 0.4) is 0 Å². The molecule has 1 saturated heterocycles. The average molecular weight is 303 g/mol. The summed E-state index contributed by atoms with van der Waals surface area (Å²) >= 11 is 0. The number of nitrogens with zero attached hydrogens (tertiary/aromatic N) is 3. The number of piperidine rings is 1. The highest BCUT2D eigenvalue weighted by molar-refractivity contribution is 5.73. The van der Waals surface area contributed by atoms with Crippen LogP contribution in [-0.2, 0) is 6.42 Å². The monoisotopic (exact) mass is 303 g/mol. The van der Waals surface area contributed by atoms with E-state index in [1.165, 1.54) is 5.56 Å². The van der Waals surface area contributed by atoms with E-state index in [0.29, 0.717) is 0 Å². The Kier molecular flexibility index (Phi) is 5.46. The fourth-order valence-electron chi connectivity index (χ4n) is 3.42. The van der Waals surface area contributed by atoms with E-state index >= 15 is 0 Å². The third-order valence-corrected chi connectivity index (χ3v) is 4.75. The summed E-state index contributed by atoms with van der Waals surface area (Å²) in [6.07, 6.45) is 3.33. The molecule has 22 heavy (non-hydrogen) atoms. The van der Waals surface area contributed by atoms with E-state index in [-0.39, 0.29) is 11.4 Å². The lowest BCUT2D eigenvalue weighted by Crippen LogP contribution is -2.48. The number of likely N-dealkylation sites (tertiary alicyclic amines) is 1. The SMILES string of the molecule is CN1CCC(Cc2ccccc2)(CN(C)C(=O)N(C)C)CC1. The number of benzene rings is 1. The van der Waals surface area contributed by atoms with Gasteiger partial charge in [0.15, 0.2) is 0 Å². The van der Waals surface area contributed by atoms with Gasteiger partial charge in [0.1, 0.15) is 0 Å². The zero-order valence-corrected chi connectivity index (χ0v) is 14.4. The number of carbonyl (C=O) groups excluding carboxylic acids is 1. The van der Waals surface area contributed by atoms with Gasteiger partial charge < -0.3 is 14.7 Å². The largest absolute Gasteiger partial charge is 0.331 e. The van der Waals surface area contributed by atoms with Crippen LogP contribution in [0.2, 0.25) is 0 Å². The molecule has 0 unspecified atom stereocenters. The summed E-state index contributed by atoms with van der Waals surface area (Å²) in [5.41, 5.74) is 1.56. The fourth-order valence-corrected chi connectivity index (χ4v) is 3.42. The smallest absolute Gasteiger partial charge is 0.319 e. The highest BCUT2D eigenvalue weighted by Gasteiger charge is 2.36. The third-order valence-electron chi connectivity index (χ3n) is 4.75. The van der Waals surface area contributed by atoms with Gasteiger partial charge in [0, 0.05) is 27.7 Å². The average Bonchev–Trinajstić information content (AvgIpc) is 2.50. The van der Waals surface area contributed by atoms with Gasteiger partial charge >= 0.3 is 6.03 Å². The zero-order valence-electron chi connectivity index (χ0n) is 14.4. The van der Waals surface area contributed by atoms with Gasteiger partial charge in [-0.25, -0.2) is 4.79 Å². The van der Waals surface area contributed by atoms with Crippen molar-refractivity contribution in [2.45, 2.75) is 19.3 Å². The summed E-state index contributed by atoms with van der Waals surface area (Å²) in [5.74, 6) is 0. The van der Waals surface area contributed by atoms with E-state index < -0.39 is 0 Å².